The molecule has 0 heterocycles. The number of rotatable bonds is 3. The third kappa shape index (κ3) is 2.49. The van der Waals surface area contributed by atoms with Crippen molar-refractivity contribution in [3.05, 3.63) is 24.3 Å². The van der Waals surface area contributed by atoms with Crippen LogP contribution in [-0.2, 0) is 4.79 Å². The first-order valence-electron chi connectivity index (χ1n) is 3.11. The number of aliphatic carboxylic acids is 1. The van der Waals surface area contributed by atoms with Gasteiger partial charge in [-0.3, -0.25) is 4.79 Å². The van der Waals surface area contributed by atoms with E-state index in [0.29, 0.717) is 0 Å². The quantitative estimate of drug-likeness (QED) is 0.607. The Morgan fingerprint density at radius 1 is 1.70 bits per heavy atom. The zero-order valence-corrected chi connectivity index (χ0v) is 6.29. The summed E-state index contributed by atoms with van der Waals surface area (Å²) in [6.45, 7) is 6.90. The Balaban J connectivity index is 4.19. The molecule has 0 aliphatic heterocycles. The van der Waals surface area contributed by atoms with Crippen LogP contribution in [0.15, 0.2) is 24.3 Å². The van der Waals surface area contributed by atoms with Crippen molar-refractivity contribution in [2.75, 3.05) is 0 Å². The lowest BCUT2D eigenvalue weighted by molar-refractivity contribution is -0.139. The number of carboxylic acids is 1. The summed E-state index contributed by atoms with van der Waals surface area (Å²) in [5.41, 5.74) is 0.822. The summed E-state index contributed by atoms with van der Waals surface area (Å²) >= 11 is 0. The summed E-state index contributed by atoms with van der Waals surface area (Å²) in [7, 11) is 0. The summed E-state index contributed by atoms with van der Waals surface area (Å²) in [5, 5.41) is 8.50. The van der Waals surface area contributed by atoms with Crippen molar-refractivity contribution in [2.24, 2.45) is 5.92 Å². The Hall–Kier alpha value is -1.05. The highest BCUT2D eigenvalue weighted by molar-refractivity contribution is 5.72. The smallest absolute Gasteiger partial charge is 0.310 e. The normalized spacial score (nSPS) is 14.4. The maximum atomic E-state index is 10.3. The molecule has 0 amide bonds. The number of hydrogen-bond donors (Lipinski definition) is 1. The molecule has 2 nitrogen and oxygen atoms in total. The maximum Gasteiger partial charge on any atom is 0.310 e. The summed E-state index contributed by atoms with van der Waals surface area (Å²) in [6, 6.07) is 0. The van der Waals surface area contributed by atoms with E-state index in [1.54, 1.807) is 26.0 Å². The Morgan fingerprint density at radius 2 is 2.20 bits per heavy atom. The van der Waals surface area contributed by atoms with Gasteiger partial charge in [0.2, 0.25) is 0 Å². The van der Waals surface area contributed by atoms with Gasteiger partial charge in [0.1, 0.15) is 0 Å². The van der Waals surface area contributed by atoms with Gasteiger partial charge >= 0.3 is 5.97 Å². The van der Waals surface area contributed by atoms with Crippen LogP contribution >= 0.6 is 0 Å². The fraction of sp³-hybridized carbons (Fsp3) is 0.375. The fourth-order valence-electron chi connectivity index (χ4n) is 0.525. The summed E-state index contributed by atoms with van der Waals surface area (Å²) in [4.78, 5) is 10.3. The van der Waals surface area contributed by atoms with Crippen LogP contribution in [-0.4, -0.2) is 11.1 Å². The molecule has 0 spiro atoms. The Kier molecular flexibility index (Phi) is 3.47. The fourth-order valence-corrected chi connectivity index (χ4v) is 0.525. The van der Waals surface area contributed by atoms with Gasteiger partial charge in [-0.2, -0.15) is 0 Å². The van der Waals surface area contributed by atoms with Crippen LogP contribution in [0.3, 0.4) is 0 Å². The molecular weight excluding hydrogens is 128 g/mol. The van der Waals surface area contributed by atoms with Crippen LogP contribution in [0.5, 0.6) is 0 Å². The molecule has 0 saturated carbocycles. The van der Waals surface area contributed by atoms with Gasteiger partial charge < -0.3 is 5.11 Å². The van der Waals surface area contributed by atoms with E-state index in [0.717, 1.165) is 5.57 Å². The van der Waals surface area contributed by atoms with E-state index in [2.05, 4.69) is 6.58 Å². The number of carbonyl (C=O) groups is 1. The maximum absolute atomic E-state index is 10.3. The SMILES string of the molecule is C=CC=C(C)C(C)C(=O)O. The molecule has 1 N–H and O–H groups in total. The van der Waals surface area contributed by atoms with E-state index in [4.69, 9.17) is 5.11 Å². The lowest BCUT2D eigenvalue weighted by atomic mass is 10.0. The lowest BCUT2D eigenvalue weighted by Crippen LogP contribution is -2.10. The Morgan fingerprint density at radius 3 is 2.50 bits per heavy atom. The molecule has 0 aromatic heterocycles. The zero-order valence-electron chi connectivity index (χ0n) is 6.29. The Labute approximate surface area is 60.9 Å². The average Bonchev–Trinajstić information content (AvgIpc) is 1.87. The minimum absolute atomic E-state index is 0.405. The van der Waals surface area contributed by atoms with Gasteiger partial charge in [0.25, 0.3) is 0 Å². The van der Waals surface area contributed by atoms with Gasteiger partial charge in [0.15, 0.2) is 0 Å². The molecule has 56 valence electrons. The minimum Gasteiger partial charge on any atom is -0.481 e. The number of carboxylic acid groups (broad SMARTS) is 1. The molecule has 0 saturated heterocycles. The molecule has 0 bridgehead atoms. The van der Waals surface area contributed by atoms with Crippen LogP contribution < -0.4 is 0 Å². The van der Waals surface area contributed by atoms with Crippen molar-refractivity contribution in [1.82, 2.24) is 0 Å². The predicted molar refractivity (Wildman–Crippen MR) is 40.8 cm³/mol. The molecule has 0 fully saturated rings. The van der Waals surface area contributed by atoms with Crippen molar-refractivity contribution < 1.29 is 9.90 Å². The highest BCUT2D eigenvalue weighted by Crippen LogP contribution is 2.08. The topological polar surface area (TPSA) is 37.3 Å². The van der Waals surface area contributed by atoms with Crippen molar-refractivity contribution >= 4 is 5.97 Å². The van der Waals surface area contributed by atoms with E-state index in [9.17, 15) is 4.79 Å². The third-order valence-electron chi connectivity index (χ3n) is 1.43. The number of allylic oxidation sites excluding steroid dienone is 2. The van der Waals surface area contributed by atoms with Gasteiger partial charge in [-0.25, -0.2) is 0 Å². The summed E-state index contributed by atoms with van der Waals surface area (Å²) in [6.07, 6.45) is 3.30. The van der Waals surface area contributed by atoms with Crippen molar-refractivity contribution in [3.63, 3.8) is 0 Å². The van der Waals surface area contributed by atoms with E-state index in [-0.39, 0.29) is 0 Å². The first kappa shape index (κ1) is 8.95. The van der Waals surface area contributed by atoms with E-state index in [1.807, 2.05) is 0 Å². The van der Waals surface area contributed by atoms with Crippen molar-refractivity contribution in [1.29, 1.82) is 0 Å². The van der Waals surface area contributed by atoms with E-state index < -0.39 is 11.9 Å². The van der Waals surface area contributed by atoms with Crippen LogP contribution in [0.25, 0.3) is 0 Å². The summed E-state index contributed by atoms with van der Waals surface area (Å²) < 4.78 is 0. The molecule has 0 aromatic rings. The monoisotopic (exact) mass is 140 g/mol. The van der Waals surface area contributed by atoms with Crippen molar-refractivity contribution in [3.8, 4) is 0 Å². The lowest BCUT2D eigenvalue weighted by Gasteiger charge is -2.03. The van der Waals surface area contributed by atoms with Gasteiger partial charge in [0, 0.05) is 0 Å². The molecule has 2 heteroatoms. The molecule has 0 aliphatic rings. The van der Waals surface area contributed by atoms with Gasteiger partial charge in [0.05, 0.1) is 5.92 Å². The Bertz CT molecular complexity index is 168. The molecule has 0 radical (unpaired) electrons. The molecule has 10 heavy (non-hydrogen) atoms. The second kappa shape index (κ2) is 3.88. The first-order chi connectivity index (χ1) is 4.59. The van der Waals surface area contributed by atoms with Gasteiger partial charge in [-0.1, -0.05) is 24.3 Å². The van der Waals surface area contributed by atoms with Gasteiger partial charge in [-0.05, 0) is 13.8 Å². The zero-order chi connectivity index (χ0) is 8.15. The minimum atomic E-state index is -0.796. The van der Waals surface area contributed by atoms with E-state index >= 15 is 0 Å². The van der Waals surface area contributed by atoms with Crippen LogP contribution in [0.1, 0.15) is 13.8 Å². The van der Waals surface area contributed by atoms with E-state index in [1.165, 1.54) is 0 Å². The molecule has 0 rings (SSSR count). The highest BCUT2D eigenvalue weighted by atomic mass is 16.4. The standard InChI is InChI=1S/C8H12O2/c1-4-5-6(2)7(3)8(9)10/h4-5,7H,1H2,2-3H3,(H,9,10). The van der Waals surface area contributed by atoms with Crippen LogP contribution in [0.4, 0.5) is 0 Å². The largest absolute Gasteiger partial charge is 0.481 e. The molecule has 0 aliphatic carbocycles. The van der Waals surface area contributed by atoms with Crippen LogP contribution in [0.2, 0.25) is 0 Å². The molecular formula is C8H12O2. The highest BCUT2D eigenvalue weighted by Gasteiger charge is 2.10. The summed E-state index contributed by atoms with van der Waals surface area (Å²) in [5.74, 6) is -1.20. The predicted octanol–water partition coefficient (Wildman–Crippen LogP) is 1.84. The second-order valence-electron chi connectivity index (χ2n) is 2.21. The van der Waals surface area contributed by atoms with Crippen LogP contribution in [0, 0.1) is 5.92 Å². The number of hydrogen-bond acceptors (Lipinski definition) is 1. The first-order valence-corrected chi connectivity index (χ1v) is 3.11. The second-order valence-corrected chi connectivity index (χ2v) is 2.21. The molecule has 0 aromatic carbocycles. The average molecular weight is 140 g/mol. The third-order valence-corrected chi connectivity index (χ3v) is 1.43. The molecule has 1 atom stereocenters. The van der Waals surface area contributed by atoms with Gasteiger partial charge in [-0.15, -0.1) is 0 Å². The molecule has 1 unspecified atom stereocenters. The van der Waals surface area contributed by atoms with Crippen molar-refractivity contribution in [2.45, 2.75) is 13.8 Å².